The summed E-state index contributed by atoms with van der Waals surface area (Å²) in [6.07, 6.45) is 1.40. The fraction of sp³-hybridized carbons (Fsp3) is 0.533. The highest BCUT2D eigenvalue weighted by atomic mass is 32.2. The van der Waals surface area contributed by atoms with Gasteiger partial charge in [0, 0.05) is 25.0 Å². The topological polar surface area (TPSA) is 144 Å². The van der Waals surface area contributed by atoms with Gasteiger partial charge in [0.25, 0.3) is 0 Å². The molecule has 1 amide bonds. The molecule has 2 aliphatic rings. The van der Waals surface area contributed by atoms with E-state index in [4.69, 9.17) is 10.9 Å². The Bertz CT molecular complexity index is 884. The van der Waals surface area contributed by atoms with E-state index in [1.807, 2.05) is 0 Å². The average Bonchev–Trinajstić information content (AvgIpc) is 2.53. The number of likely N-dealkylation sites (tertiary alicyclic amines) is 1. The van der Waals surface area contributed by atoms with Gasteiger partial charge in [0.15, 0.2) is 0 Å². The number of carbonyl (C=O) groups excluding carboxylic acids is 1. The van der Waals surface area contributed by atoms with Gasteiger partial charge in [-0.15, -0.1) is 0 Å². The Morgan fingerprint density at radius 1 is 0.962 bits per heavy atom. The lowest BCUT2D eigenvalue weighted by atomic mass is 9.94. The van der Waals surface area contributed by atoms with Gasteiger partial charge in [0.1, 0.15) is 0 Å². The molecule has 0 aliphatic carbocycles. The first-order valence-electron chi connectivity index (χ1n) is 8.25. The summed E-state index contributed by atoms with van der Waals surface area (Å²) in [4.78, 5) is 13.3. The second-order valence-corrected chi connectivity index (χ2v) is 10.2. The van der Waals surface area contributed by atoms with Crippen LogP contribution in [0.1, 0.15) is 12.8 Å². The minimum absolute atomic E-state index is 0.0378. The van der Waals surface area contributed by atoms with Crippen LogP contribution in [0, 0.1) is 5.92 Å². The maximum Gasteiger partial charge on any atom is 0.243 e. The number of primary sulfonamides is 1. The number of benzene rings is 1. The molecule has 9 nitrogen and oxygen atoms in total. The Labute approximate surface area is 153 Å². The number of primary amides is 1. The molecule has 0 bridgehead atoms. The van der Waals surface area contributed by atoms with Crippen molar-refractivity contribution in [2.45, 2.75) is 28.7 Å². The molecule has 0 unspecified atom stereocenters. The highest BCUT2D eigenvalue weighted by molar-refractivity contribution is 7.89. The summed E-state index contributed by atoms with van der Waals surface area (Å²) in [5, 5.41) is 5.02. The van der Waals surface area contributed by atoms with Crippen molar-refractivity contribution in [2.24, 2.45) is 16.8 Å². The average molecular weight is 402 g/mol. The van der Waals surface area contributed by atoms with Crippen LogP contribution in [0.5, 0.6) is 0 Å². The lowest BCUT2D eigenvalue weighted by molar-refractivity contribution is -0.123. The molecule has 1 aromatic carbocycles. The van der Waals surface area contributed by atoms with Crippen LogP contribution in [-0.2, 0) is 24.8 Å². The van der Waals surface area contributed by atoms with Crippen molar-refractivity contribution in [2.75, 3.05) is 26.2 Å². The summed E-state index contributed by atoms with van der Waals surface area (Å²) in [5.74, 6) is -0.367. The molecule has 26 heavy (non-hydrogen) atoms. The molecule has 2 saturated heterocycles. The number of nitrogens with zero attached hydrogens (tertiary/aromatic N) is 2. The number of hydrogen-bond donors (Lipinski definition) is 2. The maximum absolute atomic E-state index is 12.6. The summed E-state index contributed by atoms with van der Waals surface area (Å²) in [5.41, 5.74) is 5.33. The summed E-state index contributed by atoms with van der Waals surface area (Å²) in [6.45, 7) is 2.21. The Balaban J connectivity index is 1.60. The molecule has 2 fully saturated rings. The third kappa shape index (κ3) is 3.76. The molecule has 4 N–H and O–H groups in total. The van der Waals surface area contributed by atoms with Crippen molar-refractivity contribution in [3.8, 4) is 0 Å². The van der Waals surface area contributed by atoms with Crippen LogP contribution < -0.4 is 10.9 Å². The fourth-order valence-corrected chi connectivity index (χ4v) is 5.37. The number of hydrogen-bond acceptors (Lipinski definition) is 6. The van der Waals surface area contributed by atoms with Crippen LogP contribution in [-0.4, -0.2) is 64.2 Å². The minimum Gasteiger partial charge on any atom is -0.369 e. The van der Waals surface area contributed by atoms with Gasteiger partial charge in [-0.3, -0.25) is 9.69 Å². The molecular formula is C15H22N4O5S2. The van der Waals surface area contributed by atoms with Crippen LogP contribution in [0.2, 0.25) is 0 Å². The van der Waals surface area contributed by atoms with E-state index in [1.54, 1.807) is 0 Å². The van der Waals surface area contributed by atoms with Crippen LogP contribution in [0.3, 0.4) is 0 Å². The molecule has 2 heterocycles. The fourth-order valence-electron chi connectivity index (χ4n) is 3.34. The summed E-state index contributed by atoms with van der Waals surface area (Å²) < 4.78 is 49.1. The van der Waals surface area contributed by atoms with E-state index in [0.29, 0.717) is 25.9 Å². The standard InChI is InChI=1S/C15H22N4O5S2/c16-15(20)11-5-7-18(8-6-11)12-9-19(10-12)26(23,24)14-3-1-13(2-4-14)25(17,21)22/h1-4,11-12H,5-10H2,(H2,16,20)(H2,17,21,22). The molecule has 0 saturated carbocycles. The highest BCUT2D eigenvalue weighted by Gasteiger charge is 2.40. The quantitative estimate of drug-likeness (QED) is 0.640. The van der Waals surface area contributed by atoms with Gasteiger partial charge in [-0.05, 0) is 50.2 Å². The lowest BCUT2D eigenvalue weighted by Crippen LogP contribution is -2.62. The zero-order chi connectivity index (χ0) is 19.1. The number of rotatable bonds is 5. The van der Waals surface area contributed by atoms with Crippen molar-refractivity contribution in [1.29, 1.82) is 0 Å². The normalized spacial score (nSPS) is 21.4. The second-order valence-electron chi connectivity index (χ2n) is 6.70. The van der Waals surface area contributed by atoms with Gasteiger partial charge < -0.3 is 5.73 Å². The van der Waals surface area contributed by atoms with E-state index >= 15 is 0 Å². The molecule has 0 radical (unpaired) electrons. The maximum atomic E-state index is 12.6. The van der Waals surface area contributed by atoms with Crippen LogP contribution in [0.25, 0.3) is 0 Å². The van der Waals surface area contributed by atoms with Gasteiger partial charge in [-0.2, -0.15) is 4.31 Å². The predicted octanol–water partition coefficient (Wildman–Crippen LogP) is -1.10. The lowest BCUT2D eigenvalue weighted by Gasteiger charge is -2.46. The van der Waals surface area contributed by atoms with Crippen molar-refractivity contribution in [3.05, 3.63) is 24.3 Å². The van der Waals surface area contributed by atoms with Gasteiger partial charge in [-0.1, -0.05) is 0 Å². The zero-order valence-corrected chi connectivity index (χ0v) is 15.7. The Kier molecular flexibility index (Phi) is 5.10. The molecule has 3 rings (SSSR count). The molecule has 0 spiro atoms. The predicted molar refractivity (Wildman–Crippen MR) is 93.9 cm³/mol. The Morgan fingerprint density at radius 2 is 1.46 bits per heavy atom. The van der Waals surface area contributed by atoms with E-state index in [1.165, 1.54) is 28.6 Å². The van der Waals surface area contributed by atoms with Crippen LogP contribution >= 0.6 is 0 Å². The van der Waals surface area contributed by atoms with Crippen LogP contribution in [0.4, 0.5) is 0 Å². The van der Waals surface area contributed by atoms with Crippen LogP contribution in [0.15, 0.2) is 34.1 Å². The van der Waals surface area contributed by atoms with E-state index in [9.17, 15) is 21.6 Å². The largest absolute Gasteiger partial charge is 0.369 e. The number of piperidine rings is 1. The SMILES string of the molecule is NC(=O)C1CCN(C2CN(S(=O)(=O)c3ccc(S(N)(=O)=O)cc3)C2)CC1. The summed E-state index contributed by atoms with van der Waals surface area (Å²) >= 11 is 0. The number of carbonyl (C=O) groups is 1. The molecule has 0 aromatic heterocycles. The van der Waals surface area contributed by atoms with Crippen molar-refractivity contribution < 1.29 is 21.6 Å². The minimum atomic E-state index is -3.86. The third-order valence-electron chi connectivity index (χ3n) is 5.07. The third-order valence-corrected chi connectivity index (χ3v) is 7.84. The second kappa shape index (κ2) is 6.89. The van der Waals surface area contributed by atoms with Gasteiger partial charge in [-0.25, -0.2) is 22.0 Å². The highest BCUT2D eigenvalue weighted by Crippen LogP contribution is 2.27. The summed E-state index contributed by atoms with van der Waals surface area (Å²) in [7, 11) is -7.52. The number of sulfonamides is 2. The Hall–Kier alpha value is -1.53. The summed E-state index contributed by atoms with van der Waals surface area (Å²) in [6, 6.07) is 5.01. The monoisotopic (exact) mass is 402 g/mol. The zero-order valence-electron chi connectivity index (χ0n) is 14.1. The molecule has 1 aromatic rings. The first-order valence-corrected chi connectivity index (χ1v) is 11.2. The van der Waals surface area contributed by atoms with Gasteiger partial charge in [0.05, 0.1) is 9.79 Å². The van der Waals surface area contributed by atoms with E-state index in [-0.39, 0.29) is 27.7 Å². The molecular weight excluding hydrogens is 380 g/mol. The van der Waals surface area contributed by atoms with Crippen molar-refractivity contribution >= 4 is 26.0 Å². The van der Waals surface area contributed by atoms with Crippen molar-refractivity contribution in [1.82, 2.24) is 9.21 Å². The first-order chi connectivity index (χ1) is 12.1. The van der Waals surface area contributed by atoms with Gasteiger partial charge in [0.2, 0.25) is 26.0 Å². The number of nitrogens with two attached hydrogens (primary N) is 2. The first kappa shape index (κ1) is 19.2. The number of amides is 1. The molecule has 2 aliphatic heterocycles. The van der Waals surface area contributed by atoms with E-state index < -0.39 is 20.0 Å². The molecule has 0 atom stereocenters. The Morgan fingerprint density at radius 3 is 1.92 bits per heavy atom. The van der Waals surface area contributed by atoms with Crippen molar-refractivity contribution in [3.63, 3.8) is 0 Å². The smallest absolute Gasteiger partial charge is 0.243 e. The van der Waals surface area contributed by atoms with E-state index in [2.05, 4.69) is 4.90 Å². The molecule has 144 valence electrons. The van der Waals surface area contributed by atoms with Gasteiger partial charge >= 0.3 is 0 Å². The molecule has 11 heteroatoms. The van der Waals surface area contributed by atoms with E-state index in [0.717, 1.165) is 13.1 Å².